The fraction of sp³-hybridized carbons (Fsp3) is 0.0612. The first-order valence-corrected chi connectivity index (χ1v) is 17.6. The molecule has 9 aromatic rings. The van der Waals surface area contributed by atoms with Gasteiger partial charge in [-0.2, -0.15) is 0 Å². The molecule has 9 aromatic carbocycles. The van der Waals surface area contributed by atoms with E-state index in [2.05, 4.69) is 194 Å². The van der Waals surface area contributed by atoms with Crippen molar-refractivity contribution in [3.63, 3.8) is 0 Å². The Morgan fingerprint density at radius 2 is 0.860 bits per heavy atom. The fourth-order valence-electron chi connectivity index (χ4n) is 7.72. The lowest BCUT2D eigenvalue weighted by Gasteiger charge is -2.20. The average Bonchev–Trinajstić information content (AvgIpc) is 3.19. The Balaban J connectivity index is 0.955. The molecule has 1 heteroatoms. The molecule has 0 bridgehead atoms. The highest BCUT2D eigenvalue weighted by Gasteiger charge is 2.13. The van der Waals surface area contributed by atoms with Gasteiger partial charge < -0.3 is 5.32 Å². The molecule has 50 heavy (non-hydrogen) atoms. The summed E-state index contributed by atoms with van der Waals surface area (Å²) in [5, 5.41) is 14.1. The van der Waals surface area contributed by atoms with Crippen LogP contribution in [-0.4, -0.2) is 0 Å². The van der Waals surface area contributed by atoms with Gasteiger partial charge in [0.2, 0.25) is 0 Å². The molecule has 0 radical (unpaired) electrons. The Morgan fingerprint density at radius 3 is 1.46 bits per heavy atom. The van der Waals surface area contributed by atoms with Gasteiger partial charge in [-0.25, -0.2) is 0 Å². The maximum atomic E-state index is 3.80. The van der Waals surface area contributed by atoms with Crippen LogP contribution >= 0.6 is 0 Å². The summed E-state index contributed by atoms with van der Waals surface area (Å²) in [6, 6.07) is 66.8. The van der Waals surface area contributed by atoms with Gasteiger partial charge in [0.1, 0.15) is 0 Å². The number of hydrogen-bond acceptors (Lipinski definition) is 1. The van der Waals surface area contributed by atoms with Crippen LogP contribution in [0.15, 0.2) is 182 Å². The molecule has 0 amide bonds. The largest absolute Gasteiger partial charge is 0.378 e. The number of nitrogens with one attached hydrogen (secondary N) is 1. The topological polar surface area (TPSA) is 12.0 Å². The molecule has 0 fully saturated rings. The van der Waals surface area contributed by atoms with Gasteiger partial charge in [-0.15, -0.1) is 0 Å². The minimum atomic E-state index is 0.221. The van der Waals surface area contributed by atoms with Gasteiger partial charge in [0.05, 0.1) is 6.04 Å². The van der Waals surface area contributed by atoms with Gasteiger partial charge in [0, 0.05) is 5.69 Å². The molecule has 0 saturated heterocycles. The second-order valence-corrected chi connectivity index (χ2v) is 13.3. The number of rotatable bonds is 7. The smallest absolute Gasteiger partial charge is 0.0511 e. The summed E-state index contributed by atoms with van der Waals surface area (Å²) < 4.78 is 0. The molecule has 0 aliphatic rings. The predicted molar refractivity (Wildman–Crippen MR) is 216 cm³/mol. The summed E-state index contributed by atoms with van der Waals surface area (Å²) in [7, 11) is 0. The summed E-state index contributed by atoms with van der Waals surface area (Å²) >= 11 is 0. The number of benzene rings is 9. The normalized spacial score (nSPS) is 12.1. The summed E-state index contributed by atoms with van der Waals surface area (Å²) in [5.74, 6) is 0. The first kappa shape index (κ1) is 29.9. The molecule has 0 aliphatic heterocycles. The number of fused-ring (bicyclic) bond motifs is 5. The minimum absolute atomic E-state index is 0.221. The molecule has 0 saturated carbocycles. The zero-order valence-corrected chi connectivity index (χ0v) is 28.1. The zero-order valence-electron chi connectivity index (χ0n) is 28.1. The summed E-state index contributed by atoms with van der Waals surface area (Å²) in [6.07, 6.45) is 0.990. The average molecular weight is 640 g/mol. The second-order valence-electron chi connectivity index (χ2n) is 13.3. The lowest BCUT2D eigenvalue weighted by molar-refractivity contribution is 0.749. The molecule has 1 atom stereocenters. The second kappa shape index (κ2) is 12.7. The van der Waals surface area contributed by atoms with E-state index in [-0.39, 0.29) is 6.04 Å². The first-order valence-electron chi connectivity index (χ1n) is 17.6. The lowest BCUT2D eigenvalue weighted by Crippen LogP contribution is -2.09. The molecule has 1 nitrogen and oxygen atoms in total. The van der Waals surface area contributed by atoms with Crippen molar-refractivity contribution in [1.29, 1.82) is 0 Å². The molecule has 238 valence electrons. The number of hydrogen-bond donors (Lipinski definition) is 1. The Kier molecular flexibility index (Phi) is 7.59. The van der Waals surface area contributed by atoms with Crippen LogP contribution in [-0.2, 0) is 0 Å². The van der Waals surface area contributed by atoms with Crippen LogP contribution in [0.25, 0.3) is 76.5 Å². The van der Waals surface area contributed by atoms with E-state index in [1.807, 2.05) is 0 Å². The van der Waals surface area contributed by atoms with Crippen LogP contribution in [0.1, 0.15) is 24.9 Å². The highest BCUT2D eigenvalue weighted by Crippen LogP contribution is 2.38. The third-order valence-corrected chi connectivity index (χ3v) is 10.3. The Morgan fingerprint density at radius 1 is 0.400 bits per heavy atom. The highest BCUT2D eigenvalue weighted by atomic mass is 14.9. The monoisotopic (exact) mass is 639 g/mol. The molecule has 1 unspecified atom stereocenters. The van der Waals surface area contributed by atoms with Crippen molar-refractivity contribution >= 4 is 48.8 Å². The molecule has 0 spiro atoms. The van der Waals surface area contributed by atoms with Crippen molar-refractivity contribution in [2.45, 2.75) is 19.4 Å². The standard InChI is InChI=1S/C49H37N/c1-2-48(50-41-29-27-35(28-30-41)47-32-40-13-3-6-14-42(40)45-17-9-10-18-46(45)47)36-23-19-33(20-24-36)34-21-25-37(26-22-34)49-43-15-7-4-11-38(43)31-39-12-5-8-16-44(39)49/h3-32,48,50H,2H2,1H3. The van der Waals surface area contributed by atoms with Crippen LogP contribution < -0.4 is 5.32 Å². The molecule has 0 heterocycles. The summed E-state index contributed by atoms with van der Waals surface area (Å²) in [4.78, 5) is 0. The van der Waals surface area contributed by atoms with E-state index in [4.69, 9.17) is 0 Å². The van der Waals surface area contributed by atoms with Gasteiger partial charge in [-0.05, 0) is 113 Å². The maximum absolute atomic E-state index is 3.80. The van der Waals surface area contributed by atoms with Crippen LogP contribution in [0.4, 0.5) is 5.69 Å². The molecular weight excluding hydrogens is 603 g/mol. The Bertz CT molecular complexity index is 2580. The van der Waals surface area contributed by atoms with Crippen molar-refractivity contribution in [2.75, 3.05) is 5.32 Å². The number of anilines is 1. The quantitative estimate of drug-likeness (QED) is 0.135. The van der Waals surface area contributed by atoms with Gasteiger partial charge in [-0.3, -0.25) is 0 Å². The SMILES string of the molecule is CCC(Nc1ccc(-c2cc3ccccc3c3ccccc23)cc1)c1ccc(-c2ccc(-c3c4ccccc4cc4ccccc34)cc2)cc1. The minimum Gasteiger partial charge on any atom is -0.378 e. The van der Waals surface area contributed by atoms with Crippen molar-refractivity contribution < 1.29 is 0 Å². The lowest BCUT2D eigenvalue weighted by atomic mass is 9.91. The summed E-state index contributed by atoms with van der Waals surface area (Å²) in [6.45, 7) is 2.25. The van der Waals surface area contributed by atoms with E-state index in [9.17, 15) is 0 Å². The molecule has 9 rings (SSSR count). The Labute approximate surface area is 293 Å². The highest BCUT2D eigenvalue weighted by molar-refractivity contribution is 6.14. The molecule has 1 N–H and O–H groups in total. The van der Waals surface area contributed by atoms with E-state index in [1.165, 1.54) is 82.0 Å². The van der Waals surface area contributed by atoms with E-state index in [1.54, 1.807) is 0 Å². The zero-order chi connectivity index (χ0) is 33.4. The molecule has 0 aliphatic carbocycles. The van der Waals surface area contributed by atoms with Gasteiger partial charge in [0.15, 0.2) is 0 Å². The van der Waals surface area contributed by atoms with Gasteiger partial charge in [-0.1, -0.05) is 165 Å². The molecular formula is C49H37N. The van der Waals surface area contributed by atoms with Gasteiger partial charge >= 0.3 is 0 Å². The van der Waals surface area contributed by atoms with Crippen molar-refractivity contribution in [3.8, 4) is 33.4 Å². The Hall–Kier alpha value is -6.18. The third-order valence-electron chi connectivity index (χ3n) is 10.3. The summed E-state index contributed by atoms with van der Waals surface area (Å²) in [5.41, 5.74) is 9.92. The fourth-order valence-corrected chi connectivity index (χ4v) is 7.72. The van der Waals surface area contributed by atoms with Crippen LogP contribution in [0, 0.1) is 0 Å². The van der Waals surface area contributed by atoms with E-state index in [0.717, 1.165) is 12.1 Å². The van der Waals surface area contributed by atoms with Crippen LogP contribution in [0.3, 0.4) is 0 Å². The predicted octanol–water partition coefficient (Wildman–Crippen LogP) is 13.9. The third kappa shape index (κ3) is 5.38. The van der Waals surface area contributed by atoms with Crippen molar-refractivity contribution in [2.24, 2.45) is 0 Å². The molecule has 0 aromatic heterocycles. The van der Waals surface area contributed by atoms with Crippen LogP contribution in [0.2, 0.25) is 0 Å². The van der Waals surface area contributed by atoms with E-state index < -0.39 is 0 Å². The van der Waals surface area contributed by atoms with Crippen molar-refractivity contribution in [3.05, 3.63) is 188 Å². The van der Waals surface area contributed by atoms with E-state index >= 15 is 0 Å². The van der Waals surface area contributed by atoms with Gasteiger partial charge in [0.25, 0.3) is 0 Å². The van der Waals surface area contributed by atoms with Crippen LogP contribution in [0.5, 0.6) is 0 Å². The van der Waals surface area contributed by atoms with Crippen molar-refractivity contribution in [1.82, 2.24) is 0 Å². The first-order chi connectivity index (χ1) is 24.7. The van der Waals surface area contributed by atoms with E-state index in [0.29, 0.717) is 0 Å². The maximum Gasteiger partial charge on any atom is 0.0511 e.